The van der Waals surface area contributed by atoms with Crippen LogP contribution in [0.1, 0.15) is 38.1 Å². The smallest absolute Gasteiger partial charge is 0.338 e. The number of nitrogens with one attached hydrogen (secondary N) is 1. The van der Waals surface area contributed by atoms with E-state index < -0.39 is 0 Å². The monoisotopic (exact) mass is 382 g/mol. The molecule has 0 spiro atoms. The number of nitrogen functional groups attached to an aromatic ring is 1. The highest BCUT2D eigenvalue weighted by Crippen LogP contribution is 2.30. The molecular weight excluding hydrogens is 364 g/mol. The van der Waals surface area contributed by atoms with Crippen LogP contribution in [0.5, 0.6) is 0 Å². The van der Waals surface area contributed by atoms with Gasteiger partial charge >= 0.3 is 5.97 Å². The van der Waals surface area contributed by atoms with E-state index in [4.69, 9.17) is 10.5 Å². The second-order valence-corrected chi connectivity index (χ2v) is 6.67. The zero-order chi connectivity index (χ0) is 19.4. The molecule has 0 aliphatic carbocycles. The lowest BCUT2D eigenvalue weighted by Crippen LogP contribution is -2.05. The summed E-state index contributed by atoms with van der Waals surface area (Å²) in [4.78, 5) is 33.0. The molecule has 27 heavy (non-hydrogen) atoms. The molecule has 0 bridgehead atoms. The van der Waals surface area contributed by atoms with Gasteiger partial charge in [-0.05, 0) is 49.7 Å². The molecule has 2 aromatic heterocycles. The van der Waals surface area contributed by atoms with E-state index in [1.807, 2.05) is 6.92 Å². The van der Waals surface area contributed by atoms with Gasteiger partial charge in [-0.25, -0.2) is 9.78 Å². The van der Waals surface area contributed by atoms with E-state index in [2.05, 4.69) is 15.3 Å². The number of nitrogens with two attached hydrogens (primary N) is 1. The highest BCUT2D eigenvalue weighted by atomic mass is 32.1. The minimum atomic E-state index is -0.373. The lowest BCUT2D eigenvalue weighted by molar-refractivity contribution is 0.0526. The molecule has 0 aliphatic heterocycles. The Labute approximate surface area is 160 Å². The van der Waals surface area contributed by atoms with E-state index in [0.29, 0.717) is 33.4 Å². The lowest BCUT2D eigenvalue weighted by Gasteiger charge is -2.04. The fourth-order valence-corrected chi connectivity index (χ4v) is 3.26. The Morgan fingerprint density at radius 1 is 1.22 bits per heavy atom. The van der Waals surface area contributed by atoms with Crippen molar-refractivity contribution in [2.75, 3.05) is 17.7 Å². The van der Waals surface area contributed by atoms with Crippen LogP contribution in [0.4, 0.5) is 16.6 Å². The summed E-state index contributed by atoms with van der Waals surface area (Å²) in [6.07, 6.45) is 3.16. The SMILES string of the molecule is CCOC(=O)c1ccc(Nc2nc(N)c(C(=O)c3cnccc3C)s2)cc1. The maximum atomic E-state index is 12.7. The number of pyridine rings is 1. The third-order valence-corrected chi connectivity index (χ3v) is 4.78. The zero-order valence-corrected chi connectivity index (χ0v) is 15.7. The summed E-state index contributed by atoms with van der Waals surface area (Å²) in [5.74, 6) is -0.414. The van der Waals surface area contributed by atoms with Crippen LogP contribution >= 0.6 is 11.3 Å². The lowest BCUT2D eigenvalue weighted by atomic mass is 10.1. The molecule has 0 aliphatic rings. The number of anilines is 3. The van der Waals surface area contributed by atoms with Crippen molar-refractivity contribution in [2.45, 2.75) is 13.8 Å². The number of carbonyl (C=O) groups is 2. The van der Waals surface area contributed by atoms with Crippen molar-refractivity contribution in [1.29, 1.82) is 0 Å². The summed E-state index contributed by atoms with van der Waals surface area (Å²) >= 11 is 1.17. The maximum Gasteiger partial charge on any atom is 0.338 e. The molecule has 1 aromatic carbocycles. The van der Waals surface area contributed by atoms with E-state index in [9.17, 15) is 9.59 Å². The van der Waals surface area contributed by atoms with Crippen LogP contribution in [0.25, 0.3) is 0 Å². The molecule has 8 heteroatoms. The second kappa shape index (κ2) is 7.96. The summed E-state index contributed by atoms with van der Waals surface area (Å²) in [5, 5.41) is 3.58. The van der Waals surface area contributed by atoms with Crippen LogP contribution in [0.15, 0.2) is 42.7 Å². The van der Waals surface area contributed by atoms with Crippen LogP contribution in [0, 0.1) is 6.92 Å². The van der Waals surface area contributed by atoms with Gasteiger partial charge in [-0.15, -0.1) is 0 Å². The van der Waals surface area contributed by atoms with E-state index in [1.54, 1.807) is 43.5 Å². The molecule has 0 atom stereocenters. The van der Waals surface area contributed by atoms with Crippen molar-refractivity contribution >= 4 is 39.7 Å². The number of aryl methyl sites for hydroxylation is 1. The standard InChI is InChI=1S/C19H18N4O3S/c1-3-26-18(25)12-4-6-13(7-5-12)22-19-23-17(20)16(27-19)15(24)14-10-21-9-8-11(14)2/h4-10H,3,20H2,1-2H3,(H,22,23). The van der Waals surface area contributed by atoms with Crippen molar-refractivity contribution in [3.63, 3.8) is 0 Å². The first-order valence-corrected chi connectivity index (χ1v) is 9.07. The zero-order valence-electron chi connectivity index (χ0n) is 14.9. The Balaban J connectivity index is 1.78. The number of benzene rings is 1. The fraction of sp³-hybridized carbons (Fsp3) is 0.158. The molecule has 0 radical (unpaired) electrons. The summed E-state index contributed by atoms with van der Waals surface area (Å²) in [5.41, 5.74) is 8.44. The van der Waals surface area contributed by atoms with Crippen LogP contribution in [0.2, 0.25) is 0 Å². The molecule has 0 saturated heterocycles. The number of ketones is 1. The minimum absolute atomic E-state index is 0.166. The van der Waals surface area contributed by atoms with Gasteiger partial charge in [0.2, 0.25) is 5.78 Å². The van der Waals surface area contributed by atoms with Crippen molar-refractivity contribution in [3.05, 3.63) is 64.3 Å². The highest BCUT2D eigenvalue weighted by Gasteiger charge is 2.19. The molecule has 0 unspecified atom stereocenters. The number of carbonyl (C=O) groups excluding carboxylic acids is 2. The largest absolute Gasteiger partial charge is 0.462 e. The summed E-state index contributed by atoms with van der Waals surface area (Å²) in [6.45, 7) is 3.92. The Hall–Kier alpha value is -3.26. The van der Waals surface area contributed by atoms with Crippen molar-refractivity contribution < 1.29 is 14.3 Å². The number of hydrogen-bond donors (Lipinski definition) is 2. The van der Waals surface area contributed by atoms with E-state index in [1.165, 1.54) is 17.5 Å². The molecule has 7 nitrogen and oxygen atoms in total. The predicted molar refractivity (Wildman–Crippen MR) is 105 cm³/mol. The number of thiazole rings is 1. The first kappa shape index (κ1) is 18.5. The second-order valence-electron chi connectivity index (χ2n) is 5.68. The third-order valence-electron chi connectivity index (χ3n) is 3.79. The number of rotatable bonds is 6. The number of aromatic nitrogens is 2. The first-order valence-electron chi connectivity index (χ1n) is 8.25. The molecular formula is C19H18N4O3S. The molecule has 0 saturated carbocycles. The fourth-order valence-electron chi connectivity index (χ4n) is 2.40. The van der Waals surface area contributed by atoms with Gasteiger partial charge in [0.1, 0.15) is 10.7 Å². The van der Waals surface area contributed by atoms with Gasteiger partial charge in [0.05, 0.1) is 12.2 Å². The van der Waals surface area contributed by atoms with Crippen LogP contribution < -0.4 is 11.1 Å². The van der Waals surface area contributed by atoms with Gasteiger partial charge in [-0.2, -0.15) is 0 Å². The molecule has 3 aromatic rings. The normalized spacial score (nSPS) is 10.4. The number of esters is 1. The third kappa shape index (κ3) is 4.12. The van der Waals surface area contributed by atoms with Gasteiger partial charge in [-0.1, -0.05) is 11.3 Å². The summed E-state index contributed by atoms with van der Waals surface area (Å²) < 4.78 is 4.95. The Bertz CT molecular complexity index is 983. The van der Waals surface area contributed by atoms with Gasteiger partial charge < -0.3 is 15.8 Å². The average molecular weight is 382 g/mol. The quantitative estimate of drug-likeness (QED) is 0.495. The Morgan fingerprint density at radius 3 is 2.63 bits per heavy atom. The topological polar surface area (TPSA) is 107 Å². The molecule has 138 valence electrons. The van der Waals surface area contributed by atoms with E-state index in [-0.39, 0.29) is 17.6 Å². The van der Waals surface area contributed by atoms with Gasteiger partial charge in [0.15, 0.2) is 5.13 Å². The van der Waals surface area contributed by atoms with Gasteiger partial charge in [-0.3, -0.25) is 9.78 Å². The Morgan fingerprint density at radius 2 is 1.96 bits per heavy atom. The summed E-state index contributed by atoms with van der Waals surface area (Å²) in [6, 6.07) is 8.55. The maximum absolute atomic E-state index is 12.7. The Kier molecular flexibility index (Phi) is 5.46. The first-order chi connectivity index (χ1) is 13.0. The minimum Gasteiger partial charge on any atom is -0.462 e. The van der Waals surface area contributed by atoms with Crippen LogP contribution in [-0.2, 0) is 4.74 Å². The number of nitrogens with zero attached hydrogens (tertiary/aromatic N) is 2. The molecule has 3 rings (SSSR count). The van der Waals surface area contributed by atoms with Crippen molar-refractivity contribution in [3.8, 4) is 0 Å². The van der Waals surface area contributed by atoms with E-state index >= 15 is 0 Å². The van der Waals surface area contributed by atoms with Gasteiger partial charge in [0, 0.05) is 23.6 Å². The average Bonchev–Trinajstić information content (AvgIpc) is 3.02. The van der Waals surface area contributed by atoms with Crippen molar-refractivity contribution in [1.82, 2.24) is 9.97 Å². The molecule has 3 N–H and O–H groups in total. The predicted octanol–water partition coefficient (Wildman–Crippen LogP) is 3.58. The molecule has 0 amide bonds. The molecule has 2 heterocycles. The molecule has 0 fully saturated rings. The number of ether oxygens (including phenoxy) is 1. The number of hydrogen-bond acceptors (Lipinski definition) is 8. The van der Waals surface area contributed by atoms with Gasteiger partial charge in [0.25, 0.3) is 0 Å². The highest BCUT2D eigenvalue weighted by molar-refractivity contribution is 7.18. The summed E-state index contributed by atoms with van der Waals surface area (Å²) in [7, 11) is 0. The van der Waals surface area contributed by atoms with Crippen LogP contribution in [-0.4, -0.2) is 28.3 Å². The van der Waals surface area contributed by atoms with E-state index in [0.717, 1.165) is 5.56 Å². The van der Waals surface area contributed by atoms with Crippen molar-refractivity contribution in [2.24, 2.45) is 0 Å². The van der Waals surface area contributed by atoms with Crippen LogP contribution in [0.3, 0.4) is 0 Å².